The smallest absolute Gasteiger partial charge is 0.338 e. The first-order valence-corrected chi connectivity index (χ1v) is 7.05. The molecule has 0 N–H and O–H groups in total. The molecule has 0 aromatic heterocycles. The highest BCUT2D eigenvalue weighted by Crippen LogP contribution is 2.15. The molecule has 1 aromatic carbocycles. The third kappa shape index (κ3) is 4.06. The fourth-order valence-electron chi connectivity index (χ4n) is 2.40. The van der Waals surface area contributed by atoms with Gasteiger partial charge in [0, 0.05) is 13.1 Å². The third-order valence-corrected chi connectivity index (χ3v) is 3.59. The lowest BCUT2D eigenvalue weighted by Crippen LogP contribution is -2.41. The zero-order valence-electron chi connectivity index (χ0n) is 12.0. The van der Waals surface area contributed by atoms with Gasteiger partial charge in [0.25, 0.3) is 5.91 Å². The lowest BCUT2D eigenvalue weighted by atomic mass is 10.0. The van der Waals surface area contributed by atoms with Crippen LogP contribution in [0.2, 0.25) is 0 Å². The number of hydrogen-bond donors (Lipinski definition) is 0. The van der Waals surface area contributed by atoms with E-state index in [1.807, 2.05) is 6.07 Å². The predicted octanol–water partition coefficient (Wildman–Crippen LogP) is 1.97. The van der Waals surface area contributed by atoms with Gasteiger partial charge in [0.2, 0.25) is 0 Å². The van der Waals surface area contributed by atoms with Crippen LogP contribution in [-0.2, 0) is 9.53 Å². The number of nitriles is 1. The average Bonchev–Trinajstić information content (AvgIpc) is 2.52. The Morgan fingerprint density at radius 2 is 2.10 bits per heavy atom. The second-order valence-corrected chi connectivity index (χ2v) is 5.35. The van der Waals surface area contributed by atoms with E-state index in [0.29, 0.717) is 17.0 Å². The van der Waals surface area contributed by atoms with Crippen molar-refractivity contribution in [2.45, 2.75) is 19.8 Å². The Balaban J connectivity index is 1.85. The Morgan fingerprint density at radius 3 is 2.71 bits per heavy atom. The van der Waals surface area contributed by atoms with Gasteiger partial charge >= 0.3 is 5.97 Å². The normalized spacial score (nSPS) is 17.9. The van der Waals surface area contributed by atoms with Crippen LogP contribution < -0.4 is 0 Å². The molecule has 1 unspecified atom stereocenters. The molecule has 1 aliphatic rings. The van der Waals surface area contributed by atoms with Gasteiger partial charge in [-0.1, -0.05) is 6.92 Å². The zero-order chi connectivity index (χ0) is 15.2. The number of hydrogen-bond acceptors (Lipinski definition) is 4. The molecule has 1 amide bonds. The molecule has 1 atom stereocenters. The number of amides is 1. The molecule has 5 nitrogen and oxygen atoms in total. The summed E-state index contributed by atoms with van der Waals surface area (Å²) in [6, 6.07) is 8.11. The number of benzene rings is 1. The zero-order valence-corrected chi connectivity index (χ0v) is 12.0. The largest absolute Gasteiger partial charge is 0.452 e. The number of likely N-dealkylation sites (tertiary alicyclic amines) is 1. The van der Waals surface area contributed by atoms with Crippen molar-refractivity contribution in [3.05, 3.63) is 35.4 Å². The minimum absolute atomic E-state index is 0.149. The summed E-state index contributed by atoms with van der Waals surface area (Å²) in [5.41, 5.74) is 0.818. The molecule has 0 spiro atoms. The Morgan fingerprint density at radius 1 is 1.38 bits per heavy atom. The SMILES string of the molecule is CC1CCCN(C(=O)COC(=O)c2ccc(C#N)cc2)C1. The molecule has 1 saturated heterocycles. The first-order valence-electron chi connectivity index (χ1n) is 7.05. The number of carbonyl (C=O) groups is 2. The number of nitrogens with zero attached hydrogens (tertiary/aromatic N) is 2. The van der Waals surface area contributed by atoms with E-state index in [4.69, 9.17) is 10.00 Å². The average molecular weight is 286 g/mol. The summed E-state index contributed by atoms with van der Waals surface area (Å²) in [5, 5.41) is 8.69. The molecule has 0 saturated carbocycles. The standard InChI is InChI=1S/C16H18N2O3/c1-12-3-2-8-18(10-12)15(19)11-21-16(20)14-6-4-13(9-17)5-7-14/h4-7,12H,2-3,8,10-11H2,1H3. The van der Waals surface area contributed by atoms with Crippen LogP contribution >= 0.6 is 0 Å². The lowest BCUT2D eigenvalue weighted by Gasteiger charge is -2.30. The molecule has 2 rings (SSSR count). The molecule has 1 aliphatic heterocycles. The Bertz CT molecular complexity index is 560. The van der Waals surface area contributed by atoms with Crippen LogP contribution in [0.5, 0.6) is 0 Å². The van der Waals surface area contributed by atoms with E-state index in [1.165, 1.54) is 12.1 Å². The topological polar surface area (TPSA) is 70.4 Å². The summed E-state index contributed by atoms with van der Waals surface area (Å²) >= 11 is 0. The first-order chi connectivity index (χ1) is 10.1. The van der Waals surface area contributed by atoms with Crippen molar-refractivity contribution in [1.82, 2.24) is 4.90 Å². The van der Waals surface area contributed by atoms with Crippen LogP contribution in [0.25, 0.3) is 0 Å². The van der Waals surface area contributed by atoms with Gasteiger partial charge in [-0.3, -0.25) is 4.79 Å². The van der Waals surface area contributed by atoms with Gasteiger partial charge < -0.3 is 9.64 Å². The molecule has 1 aromatic rings. The van der Waals surface area contributed by atoms with E-state index >= 15 is 0 Å². The molecule has 110 valence electrons. The molecule has 1 heterocycles. The van der Waals surface area contributed by atoms with Gasteiger partial charge in [-0.25, -0.2) is 4.79 Å². The molecule has 0 radical (unpaired) electrons. The molecule has 5 heteroatoms. The van der Waals surface area contributed by atoms with Crippen molar-refractivity contribution < 1.29 is 14.3 Å². The maximum atomic E-state index is 12.0. The van der Waals surface area contributed by atoms with Crippen molar-refractivity contribution >= 4 is 11.9 Å². The van der Waals surface area contributed by atoms with Crippen LogP contribution in [0.4, 0.5) is 0 Å². The van der Waals surface area contributed by atoms with Crippen LogP contribution in [0.1, 0.15) is 35.7 Å². The quantitative estimate of drug-likeness (QED) is 0.797. The van der Waals surface area contributed by atoms with Gasteiger partial charge in [-0.15, -0.1) is 0 Å². The van der Waals surface area contributed by atoms with E-state index in [0.717, 1.165) is 25.9 Å². The second kappa shape index (κ2) is 6.89. The highest BCUT2D eigenvalue weighted by atomic mass is 16.5. The maximum Gasteiger partial charge on any atom is 0.338 e. The summed E-state index contributed by atoms with van der Waals surface area (Å²) in [6.07, 6.45) is 2.13. The third-order valence-electron chi connectivity index (χ3n) is 3.59. The summed E-state index contributed by atoms with van der Waals surface area (Å²) < 4.78 is 5.04. The van der Waals surface area contributed by atoms with Crippen LogP contribution in [0.15, 0.2) is 24.3 Å². The summed E-state index contributed by atoms with van der Waals surface area (Å²) in [4.78, 5) is 25.6. The minimum Gasteiger partial charge on any atom is -0.452 e. The summed E-state index contributed by atoms with van der Waals surface area (Å²) in [5.74, 6) is -0.196. The Labute approximate surface area is 124 Å². The molecule has 1 fully saturated rings. The Kier molecular flexibility index (Phi) is 4.94. The number of esters is 1. The number of ether oxygens (including phenoxy) is 1. The number of piperidine rings is 1. The second-order valence-electron chi connectivity index (χ2n) is 5.35. The minimum atomic E-state index is -0.544. The molecule has 0 aliphatic carbocycles. The molecule has 21 heavy (non-hydrogen) atoms. The molecular formula is C16H18N2O3. The van der Waals surface area contributed by atoms with E-state index in [1.54, 1.807) is 17.0 Å². The van der Waals surface area contributed by atoms with E-state index in [-0.39, 0.29) is 12.5 Å². The van der Waals surface area contributed by atoms with Crippen molar-refractivity contribution in [1.29, 1.82) is 5.26 Å². The fraction of sp³-hybridized carbons (Fsp3) is 0.438. The van der Waals surface area contributed by atoms with Crippen molar-refractivity contribution in [2.75, 3.05) is 19.7 Å². The fourth-order valence-corrected chi connectivity index (χ4v) is 2.40. The Hall–Kier alpha value is -2.35. The predicted molar refractivity (Wildman–Crippen MR) is 76.4 cm³/mol. The number of rotatable bonds is 3. The summed E-state index contributed by atoms with van der Waals surface area (Å²) in [6.45, 7) is 3.35. The van der Waals surface area contributed by atoms with Gasteiger partial charge in [0.1, 0.15) is 0 Å². The molecular weight excluding hydrogens is 268 g/mol. The maximum absolute atomic E-state index is 12.0. The van der Waals surface area contributed by atoms with Gasteiger partial charge in [-0.05, 0) is 43.0 Å². The van der Waals surface area contributed by atoms with Crippen molar-refractivity contribution in [3.63, 3.8) is 0 Å². The monoisotopic (exact) mass is 286 g/mol. The van der Waals surface area contributed by atoms with E-state index < -0.39 is 5.97 Å². The van der Waals surface area contributed by atoms with Crippen LogP contribution in [0.3, 0.4) is 0 Å². The van der Waals surface area contributed by atoms with Gasteiger partial charge in [0.05, 0.1) is 17.2 Å². The van der Waals surface area contributed by atoms with Crippen LogP contribution in [0, 0.1) is 17.2 Å². The van der Waals surface area contributed by atoms with E-state index in [9.17, 15) is 9.59 Å². The van der Waals surface area contributed by atoms with E-state index in [2.05, 4.69) is 6.92 Å². The first kappa shape index (κ1) is 15.0. The highest BCUT2D eigenvalue weighted by Gasteiger charge is 2.22. The summed E-state index contributed by atoms with van der Waals surface area (Å²) in [7, 11) is 0. The molecule has 0 bridgehead atoms. The number of carbonyl (C=O) groups excluding carboxylic acids is 2. The van der Waals surface area contributed by atoms with Crippen LogP contribution in [-0.4, -0.2) is 36.5 Å². The lowest BCUT2D eigenvalue weighted by molar-refractivity contribution is -0.136. The van der Waals surface area contributed by atoms with Crippen molar-refractivity contribution in [3.8, 4) is 6.07 Å². The highest BCUT2D eigenvalue weighted by molar-refractivity contribution is 5.91. The van der Waals surface area contributed by atoms with Gasteiger partial charge in [-0.2, -0.15) is 5.26 Å². The van der Waals surface area contributed by atoms with Crippen molar-refractivity contribution in [2.24, 2.45) is 5.92 Å². The van der Waals surface area contributed by atoms with Gasteiger partial charge in [0.15, 0.2) is 6.61 Å².